The van der Waals surface area contributed by atoms with E-state index in [1.54, 1.807) is 43.3 Å². The minimum Gasteiger partial charge on any atom is -0.479 e. The van der Waals surface area contributed by atoms with Gasteiger partial charge in [0.25, 0.3) is 11.5 Å². The number of nitrogens with zero attached hydrogens (tertiary/aromatic N) is 2. The van der Waals surface area contributed by atoms with Crippen LogP contribution in [0.1, 0.15) is 6.92 Å². The van der Waals surface area contributed by atoms with E-state index in [2.05, 4.69) is 15.6 Å². The largest absolute Gasteiger partial charge is 0.479 e. The normalized spacial score (nSPS) is 15.6. The van der Waals surface area contributed by atoms with E-state index in [9.17, 15) is 14.4 Å². The van der Waals surface area contributed by atoms with Gasteiger partial charge in [-0.2, -0.15) is 0 Å². The molecule has 0 aliphatic carbocycles. The molecule has 3 aromatic rings. The Kier molecular flexibility index (Phi) is 4.08. The zero-order valence-electron chi connectivity index (χ0n) is 14.4. The van der Waals surface area contributed by atoms with Crippen LogP contribution in [0, 0.1) is 0 Å². The Balaban J connectivity index is 1.56. The van der Waals surface area contributed by atoms with Crippen LogP contribution in [-0.4, -0.2) is 27.5 Å². The van der Waals surface area contributed by atoms with Crippen molar-refractivity contribution in [1.29, 1.82) is 0 Å². The first-order chi connectivity index (χ1) is 13.0. The molecule has 4 rings (SSSR count). The van der Waals surface area contributed by atoms with E-state index in [4.69, 9.17) is 4.74 Å². The first kappa shape index (κ1) is 16.8. The molecule has 0 radical (unpaired) electrons. The predicted octanol–water partition coefficient (Wildman–Crippen LogP) is 1.75. The minimum absolute atomic E-state index is 0.154. The SMILES string of the molecule is C[C@@H]1Oc2ccc(NC(=O)Cn3c(=O)cnc4ccccc43)cc2NC1=O. The average molecular weight is 364 g/mol. The van der Waals surface area contributed by atoms with Crippen LogP contribution in [0.25, 0.3) is 11.0 Å². The summed E-state index contributed by atoms with van der Waals surface area (Å²) in [5.74, 6) is -0.0814. The second-order valence-electron chi connectivity index (χ2n) is 6.18. The maximum absolute atomic E-state index is 12.5. The van der Waals surface area contributed by atoms with Crippen LogP contribution in [-0.2, 0) is 16.1 Å². The number of para-hydroxylation sites is 2. The number of carbonyl (C=O) groups excluding carboxylic acids is 2. The van der Waals surface area contributed by atoms with Crippen molar-refractivity contribution >= 4 is 34.2 Å². The van der Waals surface area contributed by atoms with Gasteiger partial charge in [-0.1, -0.05) is 12.1 Å². The lowest BCUT2D eigenvalue weighted by Gasteiger charge is -2.23. The average Bonchev–Trinajstić information content (AvgIpc) is 2.65. The summed E-state index contributed by atoms with van der Waals surface area (Å²) >= 11 is 0. The topological polar surface area (TPSA) is 102 Å². The van der Waals surface area contributed by atoms with Crippen molar-refractivity contribution in [3.8, 4) is 5.75 Å². The quantitative estimate of drug-likeness (QED) is 0.737. The molecule has 136 valence electrons. The van der Waals surface area contributed by atoms with Crippen LogP contribution in [0.3, 0.4) is 0 Å². The van der Waals surface area contributed by atoms with Gasteiger partial charge in [-0.05, 0) is 37.3 Å². The van der Waals surface area contributed by atoms with Crippen molar-refractivity contribution in [2.75, 3.05) is 10.6 Å². The number of benzene rings is 2. The van der Waals surface area contributed by atoms with Gasteiger partial charge < -0.3 is 15.4 Å². The Morgan fingerprint density at radius 3 is 2.93 bits per heavy atom. The van der Waals surface area contributed by atoms with Crippen molar-refractivity contribution in [3.63, 3.8) is 0 Å². The standard InChI is InChI=1S/C19H16N4O4/c1-11-19(26)22-14-8-12(6-7-16(14)27-11)21-17(24)10-23-15-5-3-2-4-13(15)20-9-18(23)25/h2-9,11H,10H2,1H3,(H,21,24)(H,22,26)/t11-/m0/s1. The van der Waals surface area contributed by atoms with E-state index < -0.39 is 6.10 Å². The summed E-state index contributed by atoms with van der Waals surface area (Å²) in [6, 6.07) is 12.1. The lowest BCUT2D eigenvalue weighted by Crippen LogP contribution is -2.34. The molecular weight excluding hydrogens is 348 g/mol. The van der Waals surface area contributed by atoms with Crippen molar-refractivity contribution < 1.29 is 14.3 Å². The number of anilines is 2. The van der Waals surface area contributed by atoms with Crippen molar-refractivity contribution in [3.05, 3.63) is 59.0 Å². The van der Waals surface area contributed by atoms with E-state index in [1.807, 2.05) is 6.07 Å². The number of rotatable bonds is 3. The third-order valence-corrected chi connectivity index (χ3v) is 4.25. The van der Waals surface area contributed by atoms with Gasteiger partial charge in [0.1, 0.15) is 12.3 Å². The van der Waals surface area contributed by atoms with Gasteiger partial charge in [0.05, 0.1) is 22.9 Å². The van der Waals surface area contributed by atoms with Crippen LogP contribution in [0.2, 0.25) is 0 Å². The number of fused-ring (bicyclic) bond motifs is 2. The molecule has 2 amide bonds. The fraction of sp³-hybridized carbons (Fsp3) is 0.158. The van der Waals surface area contributed by atoms with Gasteiger partial charge in [0, 0.05) is 5.69 Å². The third kappa shape index (κ3) is 3.24. The first-order valence-electron chi connectivity index (χ1n) is 8.37. The number of nitrogens with one attached hydrogen (secondary N) is 2. The summed E-state index contributed by atoms with van der Waals surface area (Å²) in [5.41, 5.74) is 1.84. The molecule has 0 fully saturated rings. The van der Waals surface area contributed by atoms with Crippen LogP contribution < -0.4 is 20.9 Å². The van der Waals surface area contributed by atoms with Crippen LogP contribution in [0.15, 0.2) is 53.5 Å². The number of amides is 2. The van der Waals surface area contributed by atoms with Crippen LogP contribution in [0.4, 0.5) is 11.4 Å². The smallest absolute Gasteiger partial charge is 0.269 e. The van der Waals surface area contributed by atoms with E-state index >= 15 is 0 Å². The number of carbonyl (C=O) groups is 2. The summed E-state index contributed by atoms with van der Waals surface area (Å²) in [7, 11) is 0. The van der Waals surface area contributed by atoms with Crippen LogP contribution >= 0.6 is 0 Å². The number of aromatic nitrogens is 2. The summed E-state index contributed by atoms with van der Waals surface area (Å²) in [5, 5.41) is 5.46. The highest BCUT2D eigenvalue weighted by Crippen LogP contribution is 2.32. The number of hydrogen-bond acceptors (Lipinski definition) is 5. The maximum atomic E-state index is 12.5. The van der Waals surface area contributed by atoms with Gasteiger partial charge >= 0.3 is 0 Å². The molecule has 0 saturated heterocycles. The lowest BCUT2D eigenvalue weighted by molar-refractivity contribution is -0.122. The predicted molar refractivity (Wildman–Crippen MR) is 99.8 cm³/mol. The fourth-order valence-corrected chi connectivity index (χ4v) is 2.91. The monoisotopic (exact) mass is 364 g/mol. The van der Waals surface area contributed by atoms with Crippen molar-refractivity contribution in [2.45, 2.75) is 19.6 Å². The molecule has 2 N–H and O–H groups in total. The molecule has 8 heteroatoms. The van der Waals surface area contributed by atoms with Crippen molar-refractivity contribution in [1.82, 2.24) is 9.55 Å². The fourth-order valence-electron chi connectivity index (χ4n) is 2.91. The molecule has 1 aromatic heterocycles. The van der Waals surface area contributed by atoms with Gasteiger partial charge in [-0.3, -0.25) is 19.0 Å². The third-order valence-electron chi connectivity index (χ3n) is 4.25. The highest BCUT2D eigenvalue weighted by Gasteiger charge is 2.23. The lowest BCUT2D eigenvalue weighted by atomic mass is 10.2. The first-order valence-corrected chi connectivity index (χ1v) is 8.37. The molecule has 1 aliphatic heterocycles. The van der Waals surface area contributed by atoms with Gasteiger partial charge in [0.2, 0.25) is 5.91 Å². The van der Waals surface area contributed by atoms with Crippen LogP contribution in [0.5, 0.6) is 5.75 Å². The highest BCUT2D eigenvalue weighted by molar-refractivity contribution is 5.99. The molecule has 0 spiro atoms. The Morgan fingerprint density at radius 2 is 2.07 bits per heavy atom. The molecule has 0 unspecified atom stereocenters. The molecule has 2 heterocycles. The second kappa shape index (κ2) is 6.56. The molecule has 0 saturated carbocycles. The van der Waals surface area contributed by atoms with Gasteiger partial charge in [-0.25, -0.2) is 4.98 Å². The zero-order valence-corrected chi connectivity index (χ0v) is 14.4. The molecule has 8 nitrogen and oxygen atoms in total. The van der Waals surface area contributed by atoms with E-state index in [0.717, 1.165) is 0 Å². The number of ether oxygens (including phenoxy) is 1. The summed E-state index contributed by atoms with van der Waals surface area (Å²) < 4.78 is 6.85. The molecule has 2 aromatic carbocycles. The Morgan fingerprint density at radius 1 is 1.26 bits per heavy atom. The van der Waals surface area contributed by atoms with Crippen molar-refractivity contribution in [2.24, 2.45) is 0 Å². The Labute approximate surface area is 153 Å². The molecule has 0 bridgehead atoms. The summed E-state index contributed by atoms with van der Waals surface area (Å²) in [6.07, 6.45) is 0.632. The van der Waals surface area contributed by atoms with E-state index in [1.165, 1.54) is 10.8 Å². The zero-order chi connectivity index (χ0) is 19.0. The van der Waals surface area contributed by atoms with E-state index in [0.29, 0.717) is 28.2 Å². The van der Waals surface area contributed by atoms with Gasteiger partial charge in [0.15, 0.2) is 6.10 Å². The van der Waals surface area contributed by atoms with Gasteiger partial charge in [-0.15, -0.1) is 0 Å². The maximum Gasteiger partial charge on any atom is 0.269 e. The summed E-state index contributed by atoms with van der Waals surface area (Å²) in [6.45, 7) is 1.50. The Hall–Kier alpha value is -3.68. The minimum atomic E-state index is -0.565. The molecule has 1 atom stereocenters. The summed E-state index contributed by atoms with van der Waals surface area (Å²) in [4.78, 5) is 40.4. The number of hydrogen-bond donors (Lipinski definition) is 2. The van der Waals surface area contributed by atoms with E-state index in [-0.39, 0.29) is 23.9 Å². The highest BCUT2D eigenvalue weighted by atomic mass is 16.5. The molecule has 1 aliphatic rings. The Bertz CT molecular complexity index is 1120. The molecule has 27 heavy (non-hydrogen) atoms. The second-order valence-corrected chi connectivity index (χ2v) is 6.18. The molecular formula is C19H16N4O4.